The second-order valence-electron chi connectivity index (χ2n) is 5.22. The molecule has 2 aliphatic rings. The van der Waals surface area contributed by atoms with Gasteiger partial charge < -0.3 is 10.1 Å². The Morgan fingerprint density at radius 1 is 1.28 bits per heavy atom. The van der Waals surface area contributed by atoms with Crippen molar-refractivity contribution in [3.05, 3.63) is 16.5 Å². The van der Waals surface area contributed by atoms with Crippen LogP contribution in [0.15, 0.2) is 10.7 Å². The van der Waals surface area contributed by atoms with Crippen LogP contribution in [-0.2, 0) is 4.74 Å². The molecule has 18 heavy (non-hydrogen) atoms. The third kappa shape index (κ3) is 2.83. The molecule has 0 saturated heterocycles. The average Bonchev–Trinajstić information content (AvgIpc) is 3.10. The normalized spacial score (nSPS) is 27.4. The van der Waals surface area contributed by atoms with Gasteiger partial charge in [0.05, 0.1) is 6.10 Å². The first-order valence-corrected chi connectivity index (χ1v) is 7.37. The monoisotopic (exact) mass is 311 g/mol. The van der Waals surface area contributed by atoms with Gasteiger partial charge in [0.1, 0.15) is 16.2 Å². The van der Waals surface area contributed by atoms with Crippen LogP contribution in [0.3, 0.4) is 0 Å². The van der Waals surface area contributed by atoms with Crippen LogP contribution in [0.25, 0.3) is 0 Å². The van der Waals surface area contributed by atoms with Crippen LogP contribution in [0, 0.1) is 0 Å². The van der Waals surface area contributed by atoms with Crippen molar-refractivity contribution in [1.29, 1.82) is 0 Å². The number of nitrogens with one attached hydrogen (secondary N) is 1. The number of rotatable bonds is 4. The zero-order chi connectivity index (χ0) is 12.5. The third-order valence-electron chi connectivity index (χ3n) is 3.72. The smallest absolute Gasteiger partial charge is 0.135 e. The van der Waals surface area contributed by atoms with Gasteiger partial charge in [-0.2, -0.15) is 0 Å². The zero-order valence-corrected chi connectivity index (χ0v) is 12.1. The van der Waals surface area contributed by atoms with Crippen LogP contribution >= 0.6 is 15.9 Å². The van der Waals surface area contributed by atoms with E-state index in [2.05, 4.69) is 31.2 Å². The lowest BCUT2D eigenvalue weighted by Gasteiger charge is -2.14. The molecular weight excluding hydrogens is 294 g/mol. The Bertz CT molecular complexity index is 436. The maximum atomic E-state index is 5.39. The van der Waals surface area contributed by atoms with Gasteiger partial charge in [-0.3, -0.25) is 0 Å². The van der Waals surface area contributed by atoms with Gasteiger partial charge in [0, 0.05) is 25.1 Å². The van der Waals surface area contributed by atoms with Crippen molar-refractivity contribution >= 4 is 21.7 Å². The fraction of sp³-hybridized carbons (Fsp3) is 0.692. The second kappa shape index (κ2) is 5.13. The van der Waals surface area contributed by atoms with Gasteiger partial charge in [0.25, 0.3) is 0 Å². The summed E-state index contributed by atoms with van der Waals surface area (Å²) in [5, 5.41) is 3.51. The summed E-state index contributed by atoms with van der Waals surface area (Å²) in [5.41, 5.74) is 0. The average molecular weight is 312 g/mol. The SMILES string of the molecule is COC1CCC(Nc2cc(Br)nc(C3CC3)n2)C1. The van der Waals surface area contributed by atoms with Crippen LogP contribution in [0.1, 0.15) is 43.8 Å². The van der Waals surface area contributed by atoms with Crippen molar-refractivity contribution in [2.45, 2.75) is 50.2 Å². The van der Waals surface area contributed by atoms with E-state index in [1.54, 1.807) is 7.11 Å². The highest BCUT2D eigenvalue weighted by molar-refractivity contribution is 9.10. The summed E-state index contributed by atoms with van der Waals surface area (Å²) in [6, 6.07) is 2.44. The molecule has 2 aliphatic carbocycles. The molecule has 0 spiro atoms. The van der Waals surface area contributed by atoms with Crippen LogP contribution in [-0.4, -0.2) is 29.2 Å². The van der Waals surface area contributed by atoms with Crippen LogP contribution in [0.5, 0.6) is 0 Å². The van der Waals surface area contributed by atoms with Crippen LogP contribution < -0.4 is 5.32 Å². The Morgan fingerprint density at radius 2 is 2.11 bits per heavy atom. The molecule has 4 nitrogen and oxygen atoms in total. The highest BCUT2D eigenvalue weighted by atomic mass is 79.9. The molecule has 98 valence electrons. The molecule has 2 fully saturated rings. The lowest BCUT2D eigenvalue weighted by molar-refractivity contribution is 0.108. The molecule has 0 bridgehead atoms. The Balaban J connectivity index is 1.68. The minimum atomic E-state index is 0.399. The van der Waals surface area contributed by atoms with E-state index >= 15 is 0 Å². The first-order chi connectivity index (χ1) is 8.74. The molecule has 1 heterocycles. The van der Waals surface area contributed by atoms with Gasteiger partial charge in [-0.05, 0) is 48.0 Å². The Labute approximate surface area is 116 Å². The predicted molar refractivity (Wildman–Crippen MR) is 73.8 cm³/mol. The Kier molecular flexibility index (Phi) is 3.52. The molecule has 0 radical (unpaired) electrons. The van der Waals surface area contributed by atoms with Gasteiger partial charge in [0.15, 0.2) is 0 Å². The number of methoxy groups -OCH3 is 1. The van der Waals surface area contributed by atoms with Crippen molar-refractivity contribution in [2.24, 2.45) is 0 Å². The Morgan fingerprint density at radius 3 is 2.78 bits per heavy atom. The number of hydrogen-bond acceptors (Lipinski definition) is 4. The summed E-state index contributed by atoms with van der Waals surface area (Å²) < 4.78 is 6.27. The van der Waals surface area contributed by atoms with Crippen molar-refractivity contribution in [2.75, 3.05) is 12.4 Å². The van der Waals surface area contributed by atoms with Gasteiger partial charge in [-0.1, -0.05) is 0 Å². The summed E-state index contributed by atoms with van der Waals surface area (Å²) in [6.45, 7) is 0. The summed E-state index contributed by atoms with van der Waals surface area (Å²) in [6.07, 6.45) is 6.21. The molecule has 3 rings (SSSR count). The largest absolute Gasteiger partial charge is 0.381 e. The summed E-state index contributed by atoms with van der Waals surface area (Å²) >= 11 is 3.47. The van der Waals surface area contributed by atoms with Crippen molar-refractivity contribution in [3.8, 4) is 0 Å². The molecule has 1 aromatic heterocycles. The first-order valence-electron chi connectivity index (χ1n) is 6.58. The van der Waals surface area contributed by atoms with E-state index in [-0.39, 0.29) is 0 Å². The van der Waals surface area contributed by atoms with Crippen molar-refractivity contribution < 1.29 is 4.74 Å². The molecule has 5 heteroatoms. The summed E-state index contributed by atoms with van der Waals surface area (Å²) in [5.74, 6) is 2.51. The second-order valence-corrected chi connectivity index (χ2v) is 6.03. The summed E-state index contributed by atoms with van der Waals surface area (Å²) in [7, 11) is 1.79. The van der Waals surface area contributed by atoms with Crippen molar-refractivity contribution in [1.82, 2.24) is 9.97 Å². The van der Waals surface area contributed by atoms with E-state index in [1.807, 2.05) is 6.07 Å². The molecular formula is C13H18BrN3O. The molecule has 1 N–H and O–H groups in total. The number of ether oxygens (including phenoxy) is 1. The minimum absolute atomic E-state index is 0.399. The maximum absolute atomic E-state index is 5.39. The minimum Gasteiger partial charge on any atom is -0.381 e. The topological polar surface area (TPSA) is 47.0 Å². The summed E-state index contributed by atoms with van der Waals surface area (Å²) in [4.78, 5) is 9.06. The first kappa shape index (κ1) is 12.4. The number of aromatic nitrogens is 2. The van der Waals surface area contributed by atoms with Gasteiger partial charge >= 0.3 is 0 Å². The van der Waals surface area contributed by atoms with E-state index in [0.29, 0.717) is 18.1 Å². The van der Waals surface area contributed by atoms with E-state index in [1.165, 1.54) is 12.8 Å². The maximum Gasteiger partial charge on any atom is 0.135 e. The quantitative estimate of drug-likeness (QED) is 0.868. The third-order valence-corrected chi connectivity index (χ3v) is 4.13. The van der Waals surface area contributed by atoms with Gasteiger partial charge in [0.2, 0.25) is 0 Å². The van der Waals surface area contributed by atoms with Crippen LogP contribution in [0.4, 0.5) is 5.82 Å². The van der Waals surface area contributed by atoms with E-state index < -0.39 is 0 Å². The van der Waals surface area contributed by atoms with E-state index in [0.717, 1.165) is 35.5 Å². The molecule has 2 unspecified atom stereocenters. The van der Waals surface area contributed by atoms with Crippen molar-refractivity contribution in [3.63, 3.8) is 0 Å². The molecule has 0 aromatic carbocycles. The van der Waals surface area contributed by atoms with Gasteiger partial charge in [-0.15, -0.1) is 0 Å². The lowest BCUT2D eigenvalue weighted by atomic mass is 10.2. The highest BCUT2D eigenvalue weighted by Crippen LogP contribution is 2.39. The number of halogens is 1. The van der Waals surface area contributed by atoms with Crippen LogP contribution in [0.2, 0.25) is 0 Å². The van der Waals surface area contributed by atoms with E-state index in [9.17, 15) is 0 Å². The Hall–Kier alpha value is -0.680. The fourth-order valence-electron chi connectivity index (χ4n) is 2.53. The molecule has 2 atom stereocenters. The number of anilines is 1. The predicted octanol–water partition coefficient (Wildman–Crippen LogP) is 3.10. The zero-order valence-electron chi connectivity index (χ0n) is 10.5. The molecule has 0 amide bonds. The molecule has 1 aromatic rings. The standard InChI is InChI=1S/C13H18BrN3O/c1-18-10-5-4-9(6-10)15-12-7-11(14)16-13(17-12)8-2-3-8/h7-10H,2-6H2,1H3,(H,15,16,17). The van der Waals surface area contributed by atoms with E-state index in [4.69, 9.17) is 4.74 Å². The van der Waals surface area contributed by atoms with Gasteiger partial charge in [-0.25, -0.2) is 9.97 Å². The lowest BCUT2D eigenvalue weighted by Crippen LogP contribution is -2.18. The molecule has 0 aliphatic heterocycles. The fourth-order valence-corrected chi connectivity index (χ4v) is 2.93. The molecule has 2 saturated carbocycles. The number of hydrogen-bond donors (Lipinski definition) is 1. The highest BCUT2D eigenvalue weighted by Gasteiger charge is 2.28. The number of nitrogens with zero attached hydrogens (tertiary/aromatic N) is 2.